The van der Waals surface area contributed by atoms with Gasteiger partial charge in [-0.05, 0) is 25.2 Å². The summed E-state index contributed by atoms with van der Waals surface area (Å²) < 4.78 is 0. The van der Waals surface area contributed by atoms with Crippen molar-refractivity contribution in [1.29, 1.82) is 10.5 Å². The van der Waals surface area contributed by atoms with Crippen molar-refractivity contribution in [3.63, 3.8) is 0 Å². The number of nitrogens with one attached hydrogen (secondary N) is 1. The van der Waals surface area contributed by atoms with Crippen molar-refractivity contribution in [2.75, 3.05) is 43.6 Å². The maximum atomic E-state index is 11.4. The molecule has 23 heavy (non-hydrogen) atoms. The molecule has 0 spiro atoms. The summed E-state index contributed by atoms with van der Waals surface area (Å²) in [6.07, 6.45) is 0. The maximum absolute atomic E-state index is 11.4. The van der Waals surface area contributed by atoms with Gasteiger partial charge in [-0.25, -0.2) is 4.79 Å². The van der Waals surface area contributed by atoms with Gasteiger partial charge in [-0.15, -0.1) is 0 Å². The fourth-order valence-corrected chi connectivity index (χ4v) is 2.26. The third-order valence-electron chi connectivity index (χ3n) is 3.60. The molecule has 0 unspecified atom stereocenters. The predicted octanol–water partition coefficient (Wildman–Crippen LogP) is 0.952. The van der Waals surface area contributed by atoms with Crippen LogP contribution in [0.25, 0.3) is 0 Å². The zero-order valence-corrected chi connectivity index (χ0v) is 12.7. The number of likely N-dealkylation sites (N-methyl/N-ethyl adjacent to an activating group) is 1. The van der Waals surface area contributed by atoms with Crippen LogP contribution in [0.1, 0.15) is 10.4 Å². The van der Waals surface area contributed by atoms with E-state index in [0.717, 1.165) is 31.9 Å². The van der Waals surface area contributed by atoms with E-state index >= 15 is 0 Å². The third kappa shape index (κ3) is 3.96. The average Bonchev–Trinajstić information content (AvgIpc) is 2.56. The van der Waals surface area contributed by atoms with E-state index < -0.39 is 5.97 Å². The molecule has 1 aromatic carbocycles. The third-order valence-corrected chi connectivity index (χ3v) is 3.60. The standard InChI is InChI=1S/C15H16N6O2/c1-20-4-6-21(7-5-20)12-2-3-14(13(8-12)15(22)23)19-18-11(9-16)10-17/h2-3,8,19H,4-7H2,1H3,(H,22,23). The molecule has 0 aliphatic carbocycles. The molecular weight excluding hydrogens is 296 g/mol. The molecule has 1 saturated heterocycles. The highest BCUT2D eigenvalue weighted by Gasteiger charge is 2.17. The van der Waals surface area contributed by atoms with Gasteiger partial charge in [0.25, 0.3) is 0 Å². The Morgan fingerprint density at radius 1 is 1.26 bits per heavy atom. The normalized spacial score (nSPS) is 14.5. The number of hydrogen-bond acceptors (Lipinski definition) is 7. The highest BCUT2D eigenvalue weighted by molar-refractivity contribution is 6.10. The Morgan fingerprint density at radius 2 is 1.91 bits per heavy atom. The molecule has 1 heterocycles. The molecular formula is C15H16N6O2. The van der Waals surface area contributed by atoms with Crippen LogP contribution >= 0.6 is 0 Å². The lowest BCUT2D eigenvalue weighted by molar-refractivity contribution is 0.0698. The van der Waals surface area contributed by atoms with Crippen molar-refractivity contribution in [1.82, 2.24) is 4.90 Å². The summed E-state index contributed by atoms with van der Waals surface area (Å²) in [7, 11) is 2.05. The Morgan fingerprint density at radius 3 is 2.48 bits per heavy atom. The molecule has 1 aliphatic rings. The van der Waals surface area contributed by atoms with Gasteiger partial charge in [0.1, 0.15) is 12.1 Å². The first-order chi connectivity index (χ1) is 11.0. The molecule has 2 rings (SSSR count). The van der Waals surface area contributed by atoms with E-state index in [2.05, 4.69) is 20.3 Å². The van der Waals surface area contributed by atoms with E-state index in [1.54, 1.807) is 30.3 Å². The first-order valence-electron chi connectivity index (χ1n) is 7.00. The van der Waals surface area contributed by atoms with Crippen molar-refractivity contribution in [3.05, 3.63) is 23.8 Å². The highest BCUT2D eigenvalue weighted by atomic mass is 16.4. The second-order valence-corrected chi connectivity index (χ2v) is 5.12. The number of nitriles is 2. The van der Waals surface area contributed by atoms with Gasteiger partial charge < -0.3 is 14.9 Å². The van der Waals surface area contributed by atoms with Crippen LogP contribution in [0, 0.1) is 22.7 Å². The smallest absolute Gasteiger partial charge is 0.337 e. The zero-order chi connectivity index (χ0) is 16.8. The summed E-state index contributed by atoms with van der Waals surface area (Å²) in [5, 5.41) is 30.2. The number of piperazine rings is 1. The molecule has 8 nitrogen and oxygen atoms in total. The maximum Gasteiger partial charge on any atom is 0.337 e. The number of aromatic carboxylic acids is 1. The molecule has 1 aliphatic heterocycles. The van der Waals surface area contributed by atoms with Gasteiger partial charge >= 0.3 is 5.97 Å². The Labute approximate surface area is 133 Å². The largest absolute Gasteiger partial charge is 0.478 e. The van der Waals surface area contributed by atoms with Gasteiger partial charge in [-0.1, -0.05) is 0 Å². The predicted molar refractivity (Wildman–Crippen MR) is 85.4 cm³/mol. The number of hydrazone groups is 1. The number of anilines is 2. The van der Waals surface area contributed by atoms with Gasteiger partial charge in [-0.2, -0.15) is 15.6 Å². The quantitative estimate of drug-likeness (QED) is 0.628. The van der Waals surface area contributed by atoms with E-state index in [4.69, 9.17) is 10.5 Å². The number of rotatable bonds is 4. The average molecular weight is 312 g/mol. The molecule has 1 aromatic rings. The Bertz CT molecular complexity index is 692. The van der Waals surface area contributed by atoms with Crippen LogP contribution in [0.15, 0.2) is 23.3 Å². The van der Waals surface area contributed by atoms with Crippen LogP contribution in [-0.2, 0) is 0 Å². The number of carbonyl (C=O) groups is 1. The number of nitrogens with zero attached hydrogens (tertiary/aromatic N) is 5. The summed E-state index contributed by atoms with van der Waals surface area (Å²) in [5.74, 6) is -1.10. The van der Waals surface area contributed by atoms with Crippen molar-refractivity contribution < 1.29 is 9.90 Å². The molecule has 0 amide bonds. The van der Waals surface area contributed by atoms with Crippen molar-refractivity contribution in [2.45, 2.75) is 0 Å². The Balaban J connectivity index is 2.25. The monoisotopic (exact) mass is 312 g/mol. The topological polar surface area (TPSA) is 116 Å². The molecule has 0 radical (unpaired) electrons. The minimum atomic E-state index is -1.10. The van der Waals surface area contributed by atoms with E-state index in [9.17, 15) is 9.90 Å². The lowest BCUT2D eigenvalue weighted by atomic mass is 10.1. The summed E-state index contributed by atoms with van der Waals surface area (Å²) >= 11 is 0. The lowest BCUT2D eigenvalue weighted by Gasteiger charge is -2.34. The minimum Gasteiger partial charge on any atom is -0.478 e. The molecule has 0 atom stereocenters. The Hall–Kier alpha value is -3.10. The van der Waals surface area contributed by atoms with Crippen LogP contribution in [-0.4, -0.2) is 54.9 Å². The fourth-order valence-electron chi connectivity index (χ4n) is 2.26. The van der Waals surface area contributed by atoms with Crippen LogP contribution in [0.4, 0.5) is 11.4 Å². The SMILES string of the molecule is CN1CCN(c2ccc(NN=C(C#N)C#N)c(C(=O)O)c2)CC1. The van der Waals surface area contributed by atoms with Gasteiger partial charge in [0.15, 0.2) is 0 Å². The van der Waals surface area contributed by atoms with Crippen LogP contribution in [0.2, 0.25) is 0 Å². The molecule has 0 saturated carbocycles. The highest BCUT2D eigenvalue weighted by Crippen LogP contribution is 2.24. The van der Waals surface area contributed by atoms with Gasteiger partial charge in [-0.3, -0.25) is 5.43 Å². The molecule has 2 N–H and O–H groups in total. The van der Waals surface area contributed by atoms with Crippen molar-refractivity contribution in [2.24, 2.45) is 5.10 Å². The van der Waals surface area contributed by atoms with Crippen LogP contribution < -0.4 is 10.3 Å². The molecule has 118 valence electrons. The summed E-state index contributed by atoms with van der Waals surface area (Å²) in [6, 6.07) is 8.17. The zero-order valence-electron chi connectivity index (χ0n) is 12.7. The van der Waals surface area contributed by atoms with E-state index in [-0.39, 0.29) is 17.0 Å². The van der Waals surface area contributed by atoms with Gasteiger partial charge in [0.2, 0.25) is 5.71 Å². The van der Waals surface area contributed by atoms with E-state index in [1.165, 1.54) is 0 Å². The molecule has 8 heteroatoms. The minimum absolute atomic E-state index is 0.0420. The first-order valence-corrected chi connectivity index (χ1v) is 7.00. The fraction of sp³-hybridized carbons (Fsp3) is 0.333. The lowest BCUT2D eigenvalue weighted by Crippen LogP contribution is -2.44. The van der Waals surface area contributed by atoms with E-state index in [0.29, 0.717) is 0 Å². The van der Waals surface area contributed by atoms with Gasteiger partial charge in [0.05, 0.1) is 11.3 Å². The number of benzene rings is 1. The summed E-state index contributed by atoms with van der Waals surface area (Å²) in [4.78, 5) is 15.8. The van der Waals surface area contributed by atoms with Crippen molar-refractivity contribution in [3.8, 4) is 12.1 Å². The summed E-state index contributed by atoms with van der Waals surface area (Å²) in [6.45, 7) is 3.49. The second-order valence-electron chi connectivity index (χ2n) is 5.12. The van der Waals surface area contributed by atoms with Gasteiger partial charge in [0, 0.05) is 31.9 Å². The number of carboxylic acids is 1. The second kappa shape index (κ2) is 7.25. The Kier molecular flexibility index (Phi) is 5.13. The summed E-state index contributed by atoms with van der Waals surface area (Å²) in [5.41, 5.74) is 3.20. The van der Waals surface area contributed by atoms with Crippen molar-refractivity contribution >= 4 is 23.1 Å². The molecule has 0 bridgehead atoms. The molecule has 0 aromatic heterocycles. The number of carboxylic acid groups (broad SMARTS) is 1. The van der Waals surface area contributed by atoms with Crippen LogP contribution in [0.5, 0.6) is 0 Å². The number of hydrogen-bond donors (Lipinski definition) is 2. The first kappa shape index (κ1) is 16.3. The van der Waals surface area contributed by atoms with E-state index in [1.807, 2.05) is 7.05 Å². The van der Waals surface area contributed by atoms with Crippen LogP contribution in [0.3, 0.4) is 0 Å². The molecule has 1 fully saturated rings.